The summed E-state index contributed by atoms with van der Waals surface area (Å²) in [7, 11) is 0. The predicted molar refractivity (Wildman–Crippen MR) is 118 cm³/mol. The molecule has 3 aromatic rings. The van der Waals surface area contributed by atoms with Crippen molar-refractivity contribution in [2.45, 2.75) is 0 Å². The van der Waals surface area contributed by atoms with Crippen molar-refractivity contribution in [2.24, 2.45) is 0 Å². The number of hydrogen-bond acceptors (Lipinski definition) is 6. The van der Waals surface area contributed by atoms with Crippen LogP contribution in [0, 0.1) is 10.1 Å². The van der Waals surface area contributed by atoms with E-state index in [4.69, 9.17) is 0 Å². The molecule has 0 atom stereocenters. The van der Waals surface area contributed by atoms with Gasteiger partial charge in [-0.25, -0.2) is 0 Å². The molecule has 1 aliphatic rings. The Hall–Kier alpha value is -3.98. The molecule has 31 heavy (non-hydrogen) atoms. The zero-order valence-electron chi connectivity index (χ0n) is 16.0. The summed E-state index contributed by atoms with van der Waals surface area (Å²) in [5.74, 6) is -1.12. The molecule has 0 bridgehead atoms. The van der Waals surface area contributed by atoms with Crippen molar-refractivity contribution < 1.29 is 19.3 Å². The van der Waals surface area contributed by atoms with E-state index in [1.165, 1.54) is 24.3 Å². The summed E-state index contributed by atoms with van der Waals surface area (Å²) in [4.78, 5) is 48.8. The molecule has 154 valence electrons. The first-order chi connectivity index (χ1) is 14.9. The number of carbonyl (C=O) groups is 3. The minimum atomic E-state index is -0.616. The summed E-state index contributed by atoms with van der Waals surface area (Å²) in [6, 6.07) is 18.7. The van der Waals surface area contributed by atoms with Crippen LogP contribution in [0.1, 0.15) is 5.56 Å². The normalized spacial score (nSPS) is 15.0. The number of rotatable bonds is 5. The average molecular weight is 433 g/mol. The molecule has 1 fully saturated rings. The number of non-ortho nitro benzene ring substituents is 1. The van der Waals surface area contributed by atoms with Gasteiger partial charge in [0.1, 0.15) is 6.54 Å². The van der Waals surface area contributed by atoms with Crippen molar-refractivity contribution in [1.29, 1.82) is 0 Å². The first kappa shape index (κ1) is 20.3. The first-order valence-corrected chi connectivity index (χ1v) is 10.0. The molecule has 1 N–H and O–H groups in total. The van der Waals surface area contributed by atoms with E-state index in [9.17, 15) is 24.5 Å². The molecule has 3 aromatic carbocycles. The molecule has 0 saturated carbocycles. The van der Waals surface area contributed by atoms with Gasteiger partial charge in [-0.2, -0.15) is 0 Å². The molecule has 0 radical (unpaired) electrons. The summed E-state index contributed by atoms with van der Waals surface area (Å²) in [5.41, 5.74) is 0.879. The molecule has 0 aromatic heterocycles. The fourth-order valence-corrected chi connectivity index (χ4v) is 4.02. The van der Waals surface area contributed by atoms with Crippen molar-refractivity contribution in [3.63, 3.8) is 0 Å². The maximum absolute atomic E-state index is 12.6. The van der Waals surface area contributed by atoms with Crippen LogP contribution in [0.3, 0.4) is 0 Å². The minimum absolute atomic E-state index is 0.100. The predicted octanol–water partition coefficient (Wildman–Crippen LogP) is 4.42. The number of nitrogens with zero attached hydrogens (tertiary/aromatic N) is 2. The fraction of sp³-hybridized carbons (Fsp3) is 0.0455. The Morgan fingerprint density at radius 1 is 1.06 bits per heavy atom. The molecule has 1 aliphatic heterocycles. The van der Waals surface area contributed by atoms with E-state index in [1.54, 1.807) is 18.2 Å². The lowest BCUT2D eigenvalue weighted by Gasteiger charge is -2.13. The quantitative estimate of drug-likeness (QED) is 0.362. The zero-order valence-corrected chi connectivity index (χ0v) is 16.8. The van der Waals surface area contributed by atoms with Gasteiger partial charge in [0.2, 0.25) is 5.91 Å². The Balaban J connectivity index is 1.50. The van der Waals surface area contributed by atoms with E-state index < -0.39 is 28.5 Å². The number of nitro groups is 1. The first-order valence-electron chi connectivity index (χ1n) is 9.20. The highest BCUT2D eigenvalue weighted by Crippen LogP contribution is 2.32. The molecule has 1 heterocycles. The Bertz CT molecular complexity index is 1270. The van der Waals surface area contributed by atoms with E-state index in [1.807, 2.05) is 30.3 Å². The molecule has 8 nitrogen and oxygen atoms in total. The summed E-state index contributed by atoms with van der Waals surface area (Å²) < 4.78 is 0. The molecular weight excluding hydrogens is 418 g/mol. The highest BCUT2D eigenvalue weighted by molar-refractivity contribution is 8.18. The molecular formula is C22H15N3O5S. The number of amides is 3. The van der Waals surface area contributed by atoms with Crippen LogP contribution in [0.5, 0.6) is 0 Å². The standard InChI is InChI=1S/C22H15N3O5S/c26-20(23-18-10-4-7-15-6-1-2-9-17(15)18)13-24-21(27)19(31-22(24)28)12-14-5-3-8-16(11-14)25(29)30/h1-12H,13H2,(H,23,26)/b19-12+. The highest BCUT2D eigenvalue weighted by Gasteiger charge is 2.36. The SMILES string of the molecule is O=C(CN1C(=O)S/C(=C/c2cccc([N+](=O)[O-])c2)C1=O)Nc1cccc2ccccc12. The Morgan fingerprint density at radius 3 is 2.61 bits per heavy atom. The molecule has 0 aliphatic carbocycles. The van der Waals surface area contributed by atoms with E-state index in [0.29, 0.717) is 23.0 Å². The van der Waals surface area contributed by atoms with Crippen LogP contribution in [0.15, 0.2) is 71.6 Å². The number of nitro benzene ring substituents is 1. The van der Waals surface area contributed by atoms with Crippen molar-refractivity contribution in [3.05, 3.63) is 87.3 Å². The number of benzene rings is 3. The molecule has 4 rings (SSSR count). The monoisotopic (exact) mass is 433 g/mol. The second-order valence-electron chi connectivity index (χ2n) is 6.69. The van der Waals surface area contributed by atoms with Crippen molar-refractivity contribution in [1.82, 2.24) is 4.90 Å². The minimum Gasteiger partial charge on any atom is -0.324 e. The number of carbonyl (C=O) groups excluding carboxylic acids is 3. The van der Waals surface area contributed by atoms with Crippen LogP contribution in [0.4, 0.5) is 16.2 Å². The van der Waals surface area contributed by atoms with E-state index in [0.717, 1.165) is 15.7 Å². The van der Waals surface area contributed by atoms with E-state index in [-0.39, 0.29) is 10.6 Å². The third kappa shape index (κ3) is 4.31. The lowest BCUT2D eigenvalue weighted by atomic mass is 10.1. The highest BCUT2D eigenvalue weighted by atomic mass is 32.2. The van der Waals surface area contributed by atoms with Crippen molar-refractivity contribution in [2.75, 3.05) is 11.9 Å². The van der Waals surface area contributed by atoms with Gasteiger partial charge in [-0.3, -0.25) is 29.4 Å². The summed E-state index contributed by atoms with van der Waals surface area (Å²) >= 11 is 0.690. The number of fused-ring (bicyclic) bond motifs is 1. The number of anilines is 1. The Labute approximate surface area is 180 Å². The van der Waals surface area contributed by atoms with Crippen LogP contribution in [0.25, 0.3) is 16.8 Å². The van der Waals surface area contributed by atoms with Gasteiger partial charge in [-0.15, -0.1) is 0 Å². The van der Waals surface area contributed by atoms with Crippen LogP contribution in [0.2, 0.25) is 0 Å². The lowest BCUT2D eigenvalue weighted by Crippen LogP contribution is -2.36. The molecule has 0 spiro atoms. The molecule has 9 heteroatoms. The second-order valence-corrected chi connectivity index (χ2v) is 7.69. The molecule has 3 amide bonds. The number of imide groups is 1. The molecule has 0 unspecified atom stereocenters. The zero-order chi connectivity index (χ0) is 22.0. The summed E-state index contributed by atoms with van der Waals surface area (Å²) in [6.07, 6.45) is 1.40. The number of nitrogens with one attached hydrogen (secondary N) is 1. The van der Waals surface area contributed by atoms with Crippen LogP contribution < -0.4 is 5.32 Å². The van der Waals surface area contributed by atoms with Gasteiger partial charge < -0.3 is 5.32 Å². The van der Waals surface area contributed by atoms with Gasteiger partial charge >= 0.3 is 0 Å². The van der Waals surface area contributed by atoms with Crippen LogP contribution in [-0.2, 0) is 9.59 Å². The topological polar surface area (TPSA) is 110 Å². The second kappa shape index (κ2) is 8.41. The Morgan fingerprint density at radius 2 is 1.81 bits per heavy atom. The van der Waals surface area contributed by atoms with Crippen LogP contribution in [-0.4, -0.2) is 33.4 Å². The fourth-order valence-electron chi connectivity index (χ4n) is 3.18. The van der Waals surface area contributed by atoms with Crippen molar-refractivity contribution >= 4 is 57.0 Å². The summed E-state index contributed by atoms with van der Waals surface area (Å²) in [5, 5.41) is 14.9. The van der Waals surface area contributed by atoms with Crippen molar-refractivity contribution in [3.8, 4) is 0 Å². The van der Waals surface area contributed by atoms with E-state index >= 15 is 0 Å². The Kier molecular flexibility index (Phi) is 5.50. The average Bonchev–Trinajstić information content (AvgIpc) is 3.01. The van der Waals surface area contributed by atoms with Gasteiger partial charge in [-0.05, 0) is 34.9 Å². The largest absolute Gasteiger partial charge is 0.324 e. The smallest absolute Gasteiger partial charge is 0.294 e. The van der Waals surface area contributed by atoms with Gasteiger partial charge in [0, 0.05) is 23.2 Å². The van der Waals surface area contributed by atoms with Gasteiger partial charge in [-0.1, -0.05) is 48.5 Å². The molecule has 1 saturated heterocycles. The number of hydrogen-bond donors (Lipinski definition) is 1. The third-order valence-electron chi connectivity index (χ3n) is 4.62. The number of thioether (sulfide) groups is 1. The van der Waals surface area contributed by atoms with Gasteiger partial charge in [0.25, 0.3) is 16.8 Å². The lowest BCUT2D eigenvalue weighted by molar-refractivity contribution is -0.384. The maximum Gasteiger partial charge on any atom is 0.294 e. The van der Waals surface area contributed by atoms with Gasteiger partial charge in [0.15, 0.2) is 0 Å². The summed E-state index contributed by atoms with van der Waals surface area (Å²) in [6.45, 7) is -0.430. The van der Waals surface area contributed by atoms with E-state index in [2.05, 4.69) is 5.32 Å². The van der Waals surface area contributed by atoms with Gasteiger partial charge in [0.05, 0.1) is 9.83 Å². The maximum atomic E-state index is 12.6. The third-order valence-corrected chi connectivity index (χ3v) is 5.53. The van der Waals surface area contributed by atoms with Crippen LogP contribution >= 0.6 is 11.8 Å².